The molecule has 8 nitrogen and oxygen atoms in total. The maximum absolute atomic E-state index is 11.9. The van der Waals surface area contributed by atoms with Gasteiger partial charge in [0.25, 0.3) is 5.69 Å². The van der Waals surface area contributed by atoms with Crippen LogP contribution in [0.3, 0.4) is 0 Å². The van der Waals surface area contributed by atoms with Crippen LogP contribution < -0.4 is 4.72 Å². The Hall–Kier alpha value is -2.00. The van der Waals surface area contributed by atoms with Gasteiger partial charge in [0.05, 0.1) is 15.7 Å². The van der Waals surface area contributed by atoms with Crippen LogP contribution in [0.15, 0.2) is 29.2 Å². The van der Waals surface area contributed by atoms with Crippen LogP contribution in [-0.2, 0) is 14.8 Å². The lowest BCUT2D eigenvalue weighted by atomic mass is 10.1. The fourth-order valence-electron chi connectivity index (χ4n) is 1.57. The van der Waals surface area contributed by atoms with Gasteiger partial charge >= 0.3 is 5.97 Å². The molecule has 0 bridgehead atoms. The van der Waals surface area contributed by atoms with Crippen molar-refractivity contribution in [2.45, 2.75) is 24.7 Å². The van der Waals surface area contributed by atoms with E-state index in [9.17, 15) is 23.3 Å². The largest absolute Gasteiger partial charge is 0.481 e. The summed E-state index contributed by atoms with van der Waals surface area (Å²) in [5, 5.41) is 19.2. The molecule has 1 rings (SSSR count). The van der Waals surface area contributed by atoms with Gasteiger partial charge in [-0.3, -0.25) is 14.9 Å². The Morgan fingerprint density at radius 2 is 1.95 bits per heavy atom. The third-order valence-electron chi connectivity index (χ3n) is 2.89. The van der Waals surface area contributed by atoms with Crippen molar-refractivity contribution in [1.82, 2.24) is 4.72 Å². The van der Waals surface area contributed by atoms with E-state index in [0.717, 1.165) is 24.3 Å². The van der Waals surface area contributed by atoms with Crippen molar-refractivity contribution in [1.29, 1.82) is 0 Å². The summed E-state index contributed by atoms with van der Waals surface area (Å²) in [6.07, 6.45) is 0.748. The molecule has 0 radical (unpaired) electrons. The highest BCUT2D eigenvalue weighted by atomic mass is 32.2. The number of aliphatic carboxylic acids is 1. The van der Waals surface area contributed by atoms with Crippen LogP contribution in [0.4, 0.5) is 5.69 Å². The Labute approximate surface area is 122 Å². The van der Waals surface area contributed by atoms with E-state index in [1.165, 1.54) is 0 Å². The van der Waals surface area contributed by atoms with E-state index < -0.39 is 26.8 Å². The SMILES string of the molecule is CC(CCCNS(=O)(=O)c1ccc([N+](=O)[O-])cc1)C(=O)O. The van der Waals surface area contributed by atoms with Crippen LogP contribution in [0, 0.1) is 16.0 Å². The van der Waals surface area contributed by atoms with Crippen molar-refractivity contribution in [3.8, 4) is 0 Å². The number of nitrogens with zero attached hydrogens (tertiary/aromatic N) is 1. The van der Waals surface area contributed by atoms with E-state index in [4.69, 9.17) is 5.11 Å². The smallest absolute Gasteiger partial charge is 0.306 e. The lowest BCUT2D eigenvalue weighted by Gasteiger charge is -2.08. The number of hydrogen-bond donors (Lipinski definition) is 2. The van der Waals surface area contributed by atoms with Gasteiger partial charge in [0.15, 0.2) is 0 Å². The highest BCUT2D eigenvalue weighted by molar-refractivity contribution is 7.89. The van der Waals surface area contributed by atoms with Crippen LogP contribution in [0.2, 0.25) is 0 Å². The molecule has 0 heterocycles. The number of carboxylic acid groups (broad SMARTS) is 1. The second-order valence-corrected chi connectivity index (χ2v) is 6.30. The number of non-ortho nitro benzene ring substituents is 1. The van der Waals surface area contributed by atoms with Gasteiger partial charge in [0.1, 0.15) is 0 Å². The first-order chi connectivity index (χ1) is 9.74. The molecule has 1 unspecified atom stereocenters. The maximum atomic E-state index is 11.9. The van der Waals surface area contributed by atoms with Gasteiger partial charge in [-0.05, 0) is 25.0 Å². The van der Waals surface area contributed by atoms with Crippen molar-refractivity contribution in [2.75, 3.05) is 6.54 Å². The Balaban J connectivity index is 2.57. The normalized spacial score (nSPS) is 12.8. The third kappa shape index (κ3) is 5.12. The zero-order valence-corrected chi connectivity index (χ0v) is 12.2. The van der Waals surface area contributed by atoms with Crippen LogP contribution in [0.25, 0.3) is 0 Å². The molecule has 21 heavy (non-hydrogen) atoms. The lowest BCUT2D eigenvalue weighted by molar-refractivity contribution is -0.384. The number of nitro benzene ring substituents is 1. The summed E-state index contributed by atoms with van der Waals surface area (Å²) >= 11 is 0. The standard InChI is InChI=1S/C12H16N2O6S/c1-9(12(15)16)3-2-8-13-21(19,20)11-6-4-10(5-7-11)14(17)18/h4-7,9,13H,2-3,8H2,1H3,(H,15,16). The summed E-state index contributed by atoms with van der Waals surface area (Å²) in [7, 11) is -3.74. The molecule has 0 aromatic heterocycles. The highest BCUT2D eigenvalue weighted by Gasteiger charge is 2.16. The fraction of sp³-hybridized carbons (Fsp3) is 0.417. The topological polar surface area (TPSA) is 127 Å². The number of sulfonamides is 1. The quantitative estimate of drug-likeness (QED) is 0.424. The number of carbonyl (C=O) groups is 1. The summed E-state index contributed by atoms with van der Waals surface area (Å²) in [5.41, 5.74) is -0.191. The van der Waals surface area contributed by atoms with E-state index in [-0.39, 0.29) is 17.1 Å². The predicted octanol–water partition coefficient (Wildman–Crippen LogP) is 1.37. The van der Waals surface area contributed by atoms with Crippen molar-refractivity contribution < 1.29 is 23.2 Å². The average Bonchev–Trinajstić information content (AvgIpc) is 2.43. The molecule has 0 amide bonds. The van der Waals surface area contributed by atoms with E-state index in [1.54, 1.807) is 6.92 Å². The molecule has 0 saturated carbocycles. The number of carboxylic acids is 1. The van der Waals surface area contributed by atoms with Crippen molar-refractivity contribution in [3.63, 3.8) is 0 Å². The summed E-state index contributed by atoms with van der Waals surface area (Å²) < 4.78 is 26.1. The van der Waals surface area contributed by atoms with Crippen molar-refractivity contribution >= 4 is 21.7 Å². The second kappa shape index (κ2) is 7.14. The Bertz CT molecular complexity index is 611. The molecule has 0 aliphatic rings. The molecule has 1 aromatic carbocycles. The Kier molecular flexibility index (Phi) is 5.79. The van der Waals surface area contributed by atoms with E-state index in [0.29, 0.717) is 12.8 Å². The third-order valence-corrected chi connectivity index (χ3v) is 4.36. The van der Waals surface area contributed by atoms with Gasteiger partial charge in [-0.15, -0.1) is 0 Å². The van der Waals surface area contributed by atoms with Crippen LogP contribution in [0.5, 0.6) is 0 Å². The van der Waals surface area contributed by atoms with Gasteiger partial charge in [0, 0.05) is 18.7 Å². The summed E-state index contributed by atoms with van der Waals surface area (Å²) in [6, 6.07) is 4.53. The monoisotopic (exact) mass is 316 g/mol. The second-order valence-electron chi connectivity index (χ2n) is 4.53. The molecule has 1 atom stereocenters. The zero-order chi connectivity index (χ0) is 16.0. The molecule has 0 fully saturated rings. The minimum atomic E-state index is -3.74. The lowest BCUT2D eigenvalue weighted by Crippen LogP contribution is -2.25. The predicted molar refractivity (Wildman–Crippen MR) is 74.3 cm³/mol. The Morgan fingerprint density at radius 3 is 2.43 bits per heavy atom. The van der Waals surface area contributed by atoms with Gasteiger partial charge < -0.3 is 5.11 Å². The number of rotatable bonds is 8. The van der Waals surface area contributed by atoms with Crippen molar-refractivity contribution in [3.05, 3.63) is 34.4 Å². The molecule has 0 aliphatic heterocycles. The molecular weight excluding hydrogens is 300 g/mol. The molecular formula is C12H16N2O6S. The Morgan fingerprint density at radius 1 is 1.38 bits per heavy atom. The van der Waals surface area contributed by atoms with Crippen LogP contribution in [-0.4, -0.2) is 31.0 Å². The first-order valence-corrected chi connectivity index (χ1v) is 7.69. The first kappa shape index (κ1) is 17.1. The minimum absolute atomic E-state index is 0.0700. The molecule has 1 aromatic rings. The minimum Gasteiger partial charge on any atom is -0.481 e. The molecule has 0 spiro atoms. The van der Waals surface area contributed by atoms with Crippen LogP contribution in [0.1, 0.15) is 19.8 Å². The van der Waals surface area contributed by atoms with Crippen LogP contribution >= 0.6 is 0 Å². The van der Waals surface area contributed by atoms with E-state index >= 15 is 0 Å². The summed E-state index contributed by atoms with van der Waals surface area (Å²) in [4.78, 5) is 20.4. The highest BCUT2D eigenvalue weighted by Crippen LogP contribution is 2.15. The van der Waals surface area contributed by atoms with E-state index in [2.05, 4.69) is 4.72 Å². The average molecular weight is 316 g/mol. The first-order valence-electron chi connectivity index (χ1n) is 6.21. The molecule has 0 aliphatic carbocycles. The maximum Gasteiger partial charge on any atom is 0.306 e. The number of nitro groups is 1. The molecule has 2 N–H and O–H groups in total. The molecule has 0 saturated heterocycles. The van der Waals surface area contributed by atoms with Gasteiger partial charge in [-0.2, -0.15) is 0 Å². The van der Waals surface area contributed by atoms with Crippen molar-refractivity contribution in [2.24, 2.45) is 5.92 Å². The summed E-state index contributed by atoms with van der Waals surface area (Å²) in [6.45, 7) is 1.66. The number of nitrogens with one attached hydrogen (secondary N) is 1. The van der Waals surface area contributed by atoms with E-state index in [1.807, 2.05) is 0 Å². The zero-order valence-electron chi connectivity index (χ0n) is 11.4. The molecule has 9 heteroatoms. The van der Waals surface area contributed by atoms with Gasteiger partial charge in [0.2, 0.25) is 10.0 Å². The number of benzene rings is 1. The number of hydrogen-bond acceptors (Lipinski definition) is 5. The summed E-state index contributed by atoms with van der Waals surface area (Å²) in [5.74, 6) is -1.46. The van der Waals surface area contributed by atoms with Gasteiger partial charge in [-0.25, -0.2) is 13.1 Å². The molecule has 116 valence electrons. The van der Waals surface area contributed by atoms with Gasteiger partial charge in [-0.1, -0.05) is 6.92 Å². The fourth-order valence-corrected chi connectivity index (χ4v) is 2.64.